The summed E-state index contributed by atoms with van der Waals surface area (Å²) in [5.41, 5.74) is 8.48. The Hall–Kier alpha value is -1.28. The minimum absolute atomic E-state index is 0.688. The molecule has 1 aliphatic heterocycles. The zero-order chi connectivity index (χ0) is 17.0. The van der Waals surface area contributed by atoms with Crippen molar-refractivity contribution in [3.63, 3.8) is 0 Å². The van der Waals surface area contributed by atoms with Gasteiger partial charge in [0.2, 0.25) is 0 Å². The average molecular weight is 367 g/mol. The van der Waals surface area contributed by atoms with E-state index in [0.29, 0.717) is 13.2 Å². The van der Waals surface area contributed by atoms with E-state index in [4.69, 9.17) is 10.5 Å². The van der Waals surface area contributed by atoms with Gasteiger partial charge in [0, 0.05) is 6.54 Å². The van der Waals surface area contributed by atoms with Gasteiger partial charge in [-0.25, -0.2) is 0 Å². The molecule has 3 N–H and O–H groups in total. The van der Waals surface area contributed by atoms with Crippen LogP contribution in [0.25, 0.3) is 0 Å². The van der Waals surface area contributed by atoms with Crippen molar-refractivity contribution in [3.05, 3.63) is 39.3 Å². The van der Waals surface area contributed by atoms with Gasteiger partial charge >= 0.3 is 0 Å². The molecule has 0 bridgehead atoms. The standard InChI is InChI=1S/C15H24N2O.C2H2N2S2/c16-8-5-11-18-15-7-4-6-14(12-15)13-17-9-2-1-3-10-17;5-2-4-3-1-6-2/h4,6-7,12H,1-3,5,8-11,13,16H2;1H,(H,4,5). The fourth-order valence-corrected chi connectivity index (χ4v) is 3.05. The molecule has 0 atom stereocenters. The lowest BCUT2D eigenvalue weighted by Gasteiger charge is -2.26. The maximum Gasteiger partial charge on any atom is 0.176 e. The SMILES string of the molecule is NCCCOc1cccc(CN2CCCCC2)c1.S=c1[nH]ncs1. The average Bonchev–Trinajstić information content (AvgIpc) is 3.08. The van der Waals surface area contributed by atoms with E-state index in [2.05, 4.69) is 45.5 Å². The van der Waals surface area contributed by atoms with Gasteiger partial charge in [0.15, 0.2) is 3.95 Å². The number of hydrogen-bond acceptors (Lipinski definition) is 6. The normalized spacial score (nSPS) is 14.7. The van der Waals surface area contributed by atoms with E-state index in [1.54, 1.807) is 5.51 Å². The van der Waals surface area contributed by atoms with Crippen LogP contribution in [-0.2, 0) is 6.54 Å². The van der Waals surface area contributed by atoms with Crippen molar-refractivity contribution in [2.24, 2.45) is 5.73 Å². The quantitative estimate of drug-likeness (QED) is 0.604. The van der Waals surface area contributed by atoms with Crippen LogP contribution in [0.1, 0.15) is 31.2 Å². The fourth-order valence-electron chi connectivity index (χ4n) is 2.56. The first-order valence-corrected chi connectivity index (χ1v) is 9.69. The molecule has 0 saturated carbocycles. The Morgan fingerprint density at radius 2 is 2.12 bits per heavy atom. The molecule has 3 rings (SSSR count). The van der Waals surface area contributed by atoms with Gasteiger partial charge in [-0.3, -0.25) is 10.00 Å². The summed E-state index contributed by atoms with van der Waals surface area (Å²) in [7, 11) is 0. The summed E-state index contributed by atoms with van der Waals surface area (Å²) in [6.45, 7) is 4.92. The third-order valence-electron chi connectivity index (χ3n) is 3.74. The van der Waals surface area contributed by atoms with Crippen LogP contribution >= 0.6 is 23.6 Å². The molecule has 0 amide bonds. The second-order valence-corrected chi connectivity index (χ2v) is 7.25. The largest absolute Gasteiger partial charge is 0.494 e. The van der Waals surface area contributed by atoms with E-state index in [-0.39, 0.29) is 0 Å². The number of benzene rings is 1. The van der Waals surface area contributed by atoms with Crippen molar-refractivity contribution in [1.29, 1.82) is 0 Å². The lowest BCUT2D eigenvalue weighted by molar-refractivity contribution is 0.220. The summed E-state index contributed by atoms with van der Waals surface area (Å²) in [5, 5.41) is 6.19. The third-order valence-corrected chi connectivity index (χ3v) is 4.63. The Morgan fingerprint density at radius 1 is 1.29 bits per heavy atom. The molecule has 0 spiro atoms. The molecule has 1 fully saturated rings. The lowest BCUT2D eigenvalue weighted by Crippen LogP contribution is -2.29. The highest BCUT2D eigenvalue weighted by Gasteiger charge is 2.10. The molecule has 0 unspecified atom stereocenters. The second kappa shape index (κ2) is 11.3. The Morgan fingerprint density at radius 3 is 2.75 bits per heavy atom. The topological polar surface area (TPSA) is 67.2 Å². The molecular weight excluding hydrogens is 340 g/mol. The number of likely N-dealkylation sites (tertiary alicyclic amines) is 1. The number of ether oxygens (including phenoxy) is 1. The fraction of sp³-hybridized carbons (Fsp3) is 0.529. The summed E-state index contributed by atoms with van der Waals surface area (Å²) in [5.74, 6) is 0.970. The van der Waals surface area contributed by atoms with Crippen LogP contribution in [0.4, 0.5) is 0 Å². The molecule has 0 radical (unpaired) electrons. The van der Waals surface area contributed by atoms with Crippen molar-refractivity contribution in [1.82, 2.24) is 15.1 Å². The van der Waals surface area contributed by atoms with Crippen molar-refractivity contribution in [3.8, 4) is 5.75 Å². The molecule has 7 heteroatoms. The summed E-state index contributed by atoms with van der Waals surface area (Å²) >= 11 is 6.07. The van der Waals surface area contributed by atoms with Crippen molar-refractivity contribution < 1.29 is 4.74 Å². The highest BCUT2D eigenvalue weighted by atomic mass is 32.1. The van der Waals surface area contributed by atoms with Crippen LogP contribution in [0.2, 0.25) is 0 Å². The first-order valence-electron chi connectivity index (χ1n) is 8.40. The number of nitrogens with one attached hydrogen (secondary N) is 1. The van der Waals surface area contributed by atoms with Crippen molar-refractivity contribution in [2.45, 2.75) is 32.2 Å². The van der Waals surface area contributed by atoms with Gasteiger partial charge in [-0.05, 0) is 68.8 Å². The highest BCUT2D eigenvalue weighted by Crippen LogP contribution is 2.17. The number of nitrogens with zero attached hydrogens (tertiary/aromatic N) is 2. The van der Waals surface area contributed by atoms with Crippen LogP contribution in [0.3, 0.4) is 0 Å². The molecule has 5 nitrogen and oxygen atoms in total. The number of aromatic amines is 1. The molecule has 2 heterocycles. The first-order chi connectivity index (χ1) is 11.8. The monoisotopic (exact) mass is 366 g/mol. The van der Waals surface area contributed by atoms with E-state index in [1.807, 2.05) is 6.07 Å². The Balaban J connectivity index is 0.000000292. The maximum atomic E-state index is 5.68. The minimum atomic E-state index is 0.688. The molecule has 1 aromatic heterocycles. The molecule has 2 aromatic rings. The van der Waals surface area contributed by atoms with Gasteiger partial charge in [-0.1, -0.05) is 29.9 Å². The molecule has 1 saturated heterocycles. The highest BCUT2D eigenvalue weighted by molar-refractivity contribution is 7.73. The Labute approximate surface area is 152 Å². The zero-order valence-corrected chi connectivity index (χ0v) is 15.6. The molecule has 132 valence electrons. The third kappa shape index (κ3) is 7.53. The van der Waals surface area contributed by atoms with Crippen LogP contribution in [0, 0.1) is 3.95 Å². The van der Waals surface area contributed by atoms with Gasteiger partial charge < -0.3 is 10.5 Å². The van der Waals surface area contributed by atoms with E-state index in [0.717, 1.165) is 22.7 Å². The van der Waals surface area contributed by atoms with E-state index in [1.165, 1.54) is 49.3 Å². The Bertz CT molecular complexity index is 606. The number of piperidine rings is 1. The number of aromatic nitrogens is 2. The molecule has 24 heavy (non-hydrogen) atoms. The first kappa shape index (κ1) is 19.1. The van der Waals surface area contributed by atoms with Crippen LogP contribution in [-0.4, -0.2) is 41.3 Å². The predicted molar refractivity (Wildman–Crippen MR) is 102 cm³/mol. The van der Waals surface area contributed by atoms with Gasteiger partial charge in [-0.15, -0.1) is 0 Å². The summed E-state index contributed by atoms with van der Waals surface area (Å²) in [6.07, 6.45) is 4.98. The Kier molecular flexibility index (Phi) is 8.97. The number of nitrogens with two attached hydrogens (primary N) is 1. The van der Waals surface area contributed by atoms with Gasteiger partial charge in [0.05, 0.1) is 6.61 Å². The van der Waals surface area contributed by atoms with Crippen molar-refractivity contribution >= 4 is 23.6 Å². The molecule has 0 aliphatic carbocycles. The summed E-state index contributed by atoms with van der Waals surface area (Å²) in [4.78, 5) is 2.53. The number of rotatable bonds is 6. The van der Waals surface area contributed by atoms with Crippen LogP contribution < -0.4 is 10.5 Å². The zero-order valence-electron chi connectivity index (χ0n) is 13.9. The minimum Gasteiger partial charge on any atom is -0.494 e. The van der Waals surface area contributed by atoms with Gasteiger partial charge in [0.1, 0.15) is 11.3 Å². The lowest BCUT2D eigenvalue weighted by atomic mass is 10.1. The molecule has 1 aliphatic rings. The van der Waals surface area contributed by atoms with E-state index >= 15 is 0 Å². The van der Waals surface area contributed by atoms with E-state index in [9.17, 15) is 0 Å². The predicted octanol–water partition coefficient (Wildman–Crippen LogP) is 3.60. The smallest absolute Gasteiger partial charge is 0.176 e. The summed E-state index contributed by atoms with van der Waals surface area (Å²) < 4.78 is 6.41. The van der Waals surface area contributed by atoms with E-state index < -0.39 is 0 Å². The number of hydrogen-bond donors (Lipinski definition) is 2. The van der Waals surface area contributed by atoms with Crippen molar-refractivity contribution in [2.75, 3.05) is 26.2 Å². The van der Waals surface area contributed by atoms with Gasteiger partial charge in [0.25, 0.3) is 0 Å². The second-order valence-electron chi connectivity index (χ2n) is 5.73. The molecule has 1 aromatic carbocycles. The van der Waals surface area contributed by atoms with Crippen LogP contribution in [0.5, 0.6) is 5.75 Å². The molecular formula is C17H26N4OS2. The van der Waals surface area contributed by atoms with Crippen LogP contribution in [0.15, 0.2) is 29.8 Å². The maximum absolute atomic E-state index is 5.68. The van der Waals surface area contributed by atoms with Gasteiger partial charge in [-0.2, -0.15) is 5.10 Å². The summed E-state index contributed by atoms with van der Waals surface area (Å²) in [6, 6.07) is 8.45. The number of H-pyrrole nitrogens is 1.